The highest BCUT2D eigenvalue weighted by Gasteiger charge is 2.57. The standard InChI is InChI=1S/C13H19FN2O3.C11H14ClFN2O4.C11H15FN2O5.C10H12ClFN2O5/c1-4-13(5-2)8(3)10(14)11(19-13)16-7-6-9(17)15-12(16)18;1-6-8(13)9(19-11(6,4-12)5-16)15-3-2-7(17)14-10(15)18;1-6-8(12)9(19-11(6,4-15)5-16)14-3-2-7(17)13-10(14)18;11-3-10(4-15)7(17)6(12)8(19-10)14-2-1-5(16)13-9(14)18/h6-8,10-11H,4-5H2,1-3H3,(H,15,17,18);2-3,6,8-9,16H,4-5H2,1H3,(H,14,17,18);2-3,6,8-9,15-16H,4-5H2,1H3,(H,13,17,18);1-2,6-8,15,17H,3-4H2,(H,13,16,18)/t8-,10-,11+;6-,8-,9+,11+;6-,8-,9+;6-,7-,8+,10+/m0000/s1. The van der Waals surface area contributed by atoms with E-state index in [1.54, 1.807) is 13.8 Å². The average Bonchev–Trinajstić information content (AvgIpc) is 4.03. The lowest BCUT2D eigenvalue weighted by Gasteiger charge is -2.30. The number of aliphatic hydroxyl groups is 5. The molecule has 0 aliphatic carbocycles. The van der Waals surface area contributed by atoms with E-state index in [9.17, 15) is 81.5 Å². The number of aromatic nitrogens is 8. The molecule has 8 heterocycles. The summed E-state index contributed by atoms with van der Waals surface area (Å²) in [5.41, 5.74) is -10.3. The largest absolute Gasteiger partial charge is 0.393 e. The number of nitrogens with zero attached hydrogens (tertiary/aromatic N) is 4. The van der Waals surface area contributed by atoms with E-state index < -0.39 is 161 Å². The van der Waals surface area contributed by atoms with Crippen molar-refractivity contribution in [3.63, 3.8) is 0 Å². The predicted molar refractivity (Wildman–Crippen MR) is 260 cm³/mol. The lowest BCUT2D eigenvalue weighted by Crippen LogP contribution is -2.47. The number of H-pyrrole nitrogens is 4. The number of ether oxygens (including phenoxy) is 4. The highest BCUT2D eigenvalue weighted by molar-refractivity contribution is 6.18. The van der Waals surface area contributed by atoms with Crippen LogP contribution in [0, 0.1) is 17.8 Å². The lowest BCUT2D eigenvalue weighted by molar-refractivity contribution is -0.136. The van der Waals surface area contributed by atoms with Crippen LogP contribution < -0.4 is 45.0 Å². The van der Waals surface area contributed by atoms with E-state index in [4.69, 9.17) is 42.1 Å². The van der Waals surface area contributed by atoms with E-state index in [-0.39, 0.29) is 17.7 Å². The molecule has 0 aromatic carbocycles. The van der Waals surface area contributed by atoms with Crippen LogP contribution in [0.5, 0.6) is 0 Å². The predicted octanol–water partition coefficient (Wildman–Crippen LogP) is -0.895. The Balaban J connectivity index is 0.000000187. The van der Waals surface area contributed by atoms with Gasteiger partial charge in [-0.05, 0) is 12.8 Å². The van der Waals surface area contributed by atoms with Gasteiger partial charge in [0.2, 0.25) is 0 Å². The molecule has 424 valence electrons. The van der Waals surface area contributed by atoms with Crippen LogP contribution in [0.15, 0.2) is 87.4 Å². The molecule has 25 nitrogen and oxygen atoms in total. The molecule has 4 aliphatic heterocycles. The van der Waals surface area contributed by atoms with Gasteiger partial charge in [-0.2, -0.15) is 0 Å². The fraction of sp³-hybridized carbons (Fsp3) is 0.644. The first-order valence-corrected chi connectivity index (χ1v) is 24.6. The molecule has 0 unspecified atom stereocenters. The summed E-state index contributed by atoms with van der Waals surface area (Å²) >= 11 is 11.3. The number of hydrogen-bond donors (Lipinski definition) is 9. The number of nitrogens with one attached hydrogen (secondary N) is 4. The monoisotopic (exact) mass is 1130 g/mol. The summed E-state index contributed by atoms with van der Waals surface area (Å²) in [5, 5.41) is 46.9. The first-order chi connectivity index (χ1) is 35.8. The van der Waals surface area contributed by atoms with Crippen molar-refractivity contribution in [1.82, 2.24) is 38.2 Å². The number of aromatic amines is 4. The van der Waals surface area contributed by atoms with Gasteiger partial charge in [-0.3, -0.25) is 57.4 Å². The van der Waals surface area contributed by atoms with Crippen LogP contribution in [0.2, 0.25) is 0 Å². The average molecular weight is 1130 g/mol. The van der Waals surface area contributed by atoms with Crippen LogP contribution in [0.4, 0.5) is 17.6 Å². The van der Waals surface area contributed by atoms with Gasteiger partial charge in [0.15, 0.2) is 49.6 Å². The van der Waals surface area contributed by atoms with Gasteiger partial charge in [0.1, 0.15) is 22.9 Å². The molecule has 14 atom stereocenters. The van der Waals surface area contributed by atoms with E-state index in [2.05, 4.69) is 4.98 Å². The Kier molecular flexibility index (Phi) is 20.2. The summed E-state index contributed by atoms with van der Waals surface area (Å²) in [4.78, 5) is 98.5. The third-order valence-electron chi connectivity index (χ3n) is 14.5. The lowest BCUT2D eigenvalue weighted by atomic mass is 9.83. The topological polar surface area (TPSA) is 358 Å². The van der Waals surface area contributed by atoms with Crippen molar-refractivity contribution in [3.05, 3.63) is 132 Å². The van der Waals surface area contributed by atoms with Gasteiger partial charge >= 0.3 is 22.8 Å². The summed E-state index contributed by atoms with van der Waals surface area (Å²) in [6, 6.07) is 4.38. The van der Waals surface area contributed by atoms with Gasteiger partial charge in [0, 0.05) is 66.8 Å². The van der Waals surface area contributed by atoms with Crippen molar-refractivity contribution in [3.8, 4) is 0 Å². The second-order valence-electron chi connectivity index (χ2n) is 18.6. The van der Waals surface area contributed by atoms with E-state index in [1.807, 2.05) is 28.8 Å². The Morgan fingerprint density at radius 2 is 0.711 bits per heavy atom. The van der Waals surface area contributed by atoms with Crippen molar-refractivity contribution in [2.75, 3.05) is 38.2 Å². The molecule has 0 bridgehead atoms. The van der Waals surface area contributed by atoms with E-state index >= 15 is 0 Å². The summed E-state index contributed by atoms with van der Waals surface area (Å²) < 4.78 is 82.6. The number of aliphatic hydroxyl groups excluding tert-OH is 5. The molecule has 0 radical (unpaired) electrons. The molecule has 4 saturated heterocycles. The summed E-state index contributed by atoms with van der Waals surface area (Å²) in [7, 11) is 0. The Bertz CT molecular complexity index is 2670. The summed E-state index contributed by atoms with van der Waals surface area (Å²) in [6.07, 6.45) is -7.01. The normalized spacial score (nSPS) is 32.1. The first-order valence-electron chi connectivity index (χ1n) is 23.6. The Hall–Kier alpha value is -5.34. The molecule has 0 saturated carbocycles. The summed E-state index contributed by atoms with van der Waals surface area (Å²) in [5.74, 6) is -2.23. The third-order valence-corrected chi connectivity index (χ3v) is 15.4. The van der Waals surface area contributed by atoms with Gasteiger partial charge in [-0.1, -0.05) is 34.6 Å². The van der Waals surface area contributed by atoms with Gasteiger partial charge in [-0.25, -0.2) is 36.7 Å². The molecule has 8 rings (SSSR count). The molecular formula is C45H60Cl2F4N8O17. The molecule has 0 amide bonds. The molecule has 4 aromatic rings. The molecule has 31 heteroatoms. The minimum absolute atomic E-state index is 0.0975. The van der Waals surface area contributed by atoms with Crippen LogP contribution in [-0.2, 0) is 18.9 Å². The molecule has 4 fully saturated rings. The fourth-order valence-electron chi connectivity index (χ4n) is 9.16. The molecule has 9 N–H and O–H groups in total. The van der Waals surface area contributed by atoms with E-state index in [0.29, 0.717) is 12.8 Å². The van der Waals surface area contributed by atoms with Crippen LogP contribution in [-0.4, -0.2) is 155 Å². The Morgan fingerprint density at radius 1 is 0.461 bits per heavy atom. The van der Waals surface area contributed by atoms with Crippen molar-refractivity contribution in [2.45, 2.75) is 126 Å². The maximum atomic E-state index is 14.4. The fourth-order valence-corrected chi connectivity index (χ4v) is 9.85. The number of halogens is 6. The molecule has 4 aromatic heterocycles. The zero-order valence-corrected chi connectivity index (χ0v) is 42.9. The maximum absolute atomic E-state index is 14.4. The van der Waals surface area contributed by atoms with Crippen molar-refractivity contribution < 1.29 is 62.0 Å². The van der Waals surface area contributed by atoms with Gasteiger partial charge in [-0.15, -0.1) is 23.2 Å². The first kappa shape index (κ1) is 61.5. The highest BCUT2D eigenvalue weighted by Crippen LogP contribution is 2.47. The second kappa shape index (κ2) is 25.0. The molecule has 0 spiro atoms. The smallest absolute Gasteiger partial charge is 0.330 e. The summed E-state index contributed by atoms with van der Waals surface area (Å²) in [6.45, 7) is 6.44. The highest BCUT2D eigenvalue weighted by atomic mass is 35.5. The van der Waals surface area contributed by atoms with Crippen molar-refractivity contribution in [2.24, 2.45) is 17.8 Å². The minimum Gasteiger partial charge on any atom is -0.393 e. The van der Waals surface area contributed by atoms with Gasteiger partial charge in [0.25, 0.3) is 22.2 Å². The van der Waals surface area contributed by atoms with E-state index in [0.717, 1.165) is 55.1 Å². The van der Waals surface area contributed by atoms with Crippen molar-refractivity contribution >= 4 is 23.2 Å². The number of hydrogen-bond acceptors (Lipinski definition) is 17. The van der Waals surface area contributed by atoms with E-state index in [1.165, 1.54) is 19.2 Å². The maximum Gasteiger partial charge on any atom is 0.330 e. The zero-order valence-electron chi connectivity index (χ0n) is 41.4. The quantitative estimate of drug-likeness (QED) is 0.0613. The van der Waals surface area contributed by atoms with Gasteiger partial charge < -0.3 is 44.5 Å². The molecule has 4 aliphatic rings. The van der Waals surface area contributed by atoms with Crippen LogP contribution in [0.25, 0.3) is 0 Å². The minimum atomic E-state index is -1.96. The second-order valence-corrected chi connectivity index (χ2v) is 19.1. The third kappa shape index (κ3) is 11.9. The number of alkyl halides is 6. The molecule has 76 heavy (non-hydrogen) atoms. The van der Waals surface area contributed by atoms with Crippen molar-refractivity contribution in [1.29, 1.82) is 0 Å². The van der Waals surface area contributed by atoms with Crippen LogP contribution >= 0.6 is 23.2 Å². The number of rotatable bonds is 12. The zero-order chi connectivity index (χ0) is 56.8. The SMILES string of the molecule is CCC1(CC)O[C@@H](n2ccc(=O)[nH]c2=O)[C@@H](F)[C@@H]1C.C[C@H]1[C@H](F)[C@H](n2ccc(=O)[nH]c2=O)OC1(CO)CO.C[C@H]1[C@H](F)[C@H](n2ccc(=O)[nH]c2=O)O[C@@]1(CO)CCl.O=c1ccn([C@@H]2O[C@@](CO)(CCl)[C@@H](O)[C@@H]2F)c(=O)[nH]1. The van der Waals surface area contributed by atoms with Crippen LogP contribution in [0.1, 0.15) is 72.4 Å². The van der Waals surface area contributed by atoms with Crippen LogP contribution in [0.3, 0.4) is 0 Å². The van der Waals surface area contributed by atoms with Gasteiger partial charge in [0.05, 0.1) is 43.8 Å². The Morgan fingerprint density at radius 3 is 0.934 bits per heavy atom. The Labute approximate surface area is 436 Å². The molecular weight excluding hydrogens is 1070 g/mol.